The van der Waals surface area contributed by atoms with Crippen LogP contribution in [0.5, 0.6) is 0 Å². The van der Waals surface area contributed by atoms with Crippen molar-refractivity contribution in [3.05, 3.63) is 74.8 Å². The number of aryl methyl sites for hydroxylation is 1. The van der Waals surface area contributed by atoms with Crippen LogP contribution in [0.3, 0.4) is 0 Å². The van der Waals surface area contributed by atoms with Gasteiger partial charge < -0.3 is 0 Å². The third kappa shape index (κ3) is 2.71. The summed E-state index contributed by atoms with van der Waals surface area (Å²) in [4.78, 5) is 10.7. The summed E-state index contributed by atoms with van der Waals surface area (Å²) in [6.45, 7) is 1.83. The standard InChI is InChI=1S/C15H13ClN2O4S/c1-10-6-8-11(9-7-10)23(21,22)17-14(15(17)18(19)20)12-4-2-3-5-13(12)16/h2-9,14-15H,1H3/t14-,15+,17?/m0/s1. The number of rotatable bonds is 4. The van der Waals surface area contributed by atoms with Gasteiger partial charge in [0, 0.05) is 9.95 Å². The normalized spacial score (nSPS) is 23.5. The van der Waals surface area contributed by atoms with Crippen LogP contribution in [0.25, 0.3) is 0 Å². The summed E-state index contributed by atoms with van der Waals surface area (Å²) < 4.78 is 26.3. The maximum atomic E-state index is 12.7. The molecule has 8 heteroatoms. The fourth-order valence-electron chi connectivity index (χ4n) is 2.54. The van der Waals surface area contributed by atoms with E-state index in [1.54, 1.807) is 36.4 Å². The van der Waals surface area contributed by atoms with Gasteiger partial charge in [-0.25, -0.2) is 8.42 Å². The summed E-state index contributed by atoms with van der Waals surface area (Å²) in [5, 5.41) is 11.6. The molecule has 2 aromatic rings. The van der Waals surface area contributed by atoms with Crippen LogP contribution in [0, 0.1) is 17.0 Å². The Morgan fingerprint density at radius 3 is 2.30 bits per heavy atom. The molecular weight excluding hydrogens is 340 g/mol. The van der Waals surface area contributed by atoms with Crippen molar-refractivity contribution in [1.29, 1.82) is 0 Å². The van der Waals surface area contributed by atoms with E-state index in [0.29, 0.717) is 10.6 Å². The van der Waals surface area contributed by atoms with Crippen LogP contribution in [0.4, 0.5) is 0 Å². The largest absolute Gasteiger partial charge is 0.302 e. The van der Waals surface area contributed by atoms with Crippen molar-refractivity contribution in [2.24, 2.45) is 0 Å². The zero-order chi connectivity index (χ0) is 16.8. The molecule has 0 bridgehead atoms. The third-order valence-electron chi connectivity index (χ3n) is 3.76. The smallest absolute Gasteiger partial charge is 0.263 e. The topological polar surface area (TPSA) is 80.3 Å². The van der Waals surface area contributed by atoms with Crippen LogP contribution in [-0.4, -0.2) is 23.8 Å². The van der Waals surface area contributed by atoms with Crippen LogP contribution >= 0.6 is 11.6 Å². The van der Waals surface area contributed by atoms with E-state index in [1.165, 1.54) is 12.1 Å². The van der Waals surface area contributed by atoms with Crippen molar-refractivity contribution >= 4 is 21.6 Å². The quantitative estimate of drug-likeness (QED) is 0.481. The van der Waals surface area contributed by atoms with Gasteiger partial charge in [-0.05, 0) is 30.7 Å². The van der Waals surface area contributed by atoms with E-state index < -0.39 is 27.2 Å². The van der Waals surface area contributed by atoms with Crippen LogP contribution in [0.15, 0.2) is 53.4 Å². The van der Waals surface area contributed by atoms with Gasteiger partial charge in [-0.15, -0.1) is 4.31 Å². The summed E-state index contributed by atoms with van der Waals surface area (Å²) in [5.41, 5.74) is 1.34. The lowest BCUT2D eigenvalue weighted by Gasteiger charge is -2.06. The lowest BCUT2D eigenvalue weighted by atomic mass is 10.1. The molecule has 0 aromatic heterocycles. The van der Waals surface area contributed by atoms with Crippen molar-refractivity contribution in [1.82, 2.24) is 4.31 Å². The van der Waals surface area contributed by atoms with Crippen molar-refractivity contribution in [3.63, 3.8) is 0 Å². The number of benzene rings is 2. The highest BCUT2D eigenvalue weighted by Crippen LogP contribution is 2.49. The van der Waals surface area contributed by atoms with E-state index in [0.717, 1.165) is 9.87 Å². The molecule has 0 aliphatic carbocycles. The number of hydrogen-bond acceptors (Lipinski definition) is 4. The van der Waals surface area contributed by atoms with Gasteiger partial charge in [0.25, 0.3) is 0 Å². The van der Waals surface area contributed by atoms with Gasteiger partial charge in [0.1, 0.15) is 6.04 Å². The highest BCUT2D eigenvalue weighted by atomic mass is 35.5. The SMILES string of the molecule is Cc1ccc(S(=O)(=O)N2[C@H]([N+](=O)[O-])[C@@H]2c2ccccc2Cl)cc1. The van der Waals surface area contributed by atoms with Crippen LogP contribution in [-0.2, 0) is 10.0 Å². The monoisotopic (exact) mass is 352 g/mol. The molecule has 0 spiro atoms. The lowest BCUT2D eigenvalue weighted by Crippen LogP contribution is -2.18. The first-order valence-electron chi connectivity index (χ1n) is 6.82. The predicted octanol–water partition coefficient (Wildman–Crippen LogP) is 3.00. The first-order chi connectivity index (χ1) is 10.8. The molecule has 0 saturated carbocycles. The molecular formula is C15H13ClN2O4S. The minimum atomic E-state index is -3.96. The molecule has 1 saturated heterocycles. The third-order valence-corrected chi connectivity index (χ3v) is 5.97. The molecule has 6 nitrogen and oxygen atoms in total. The van der Waals surface area contributed by atoms with Crippen molar-refractivity contribution in [3.8, 4) is 0 Å². The second-order valence-electron chi connectivity index (χ2n) is 5.31. The van der Waals surface area contributed by atoms with Crippen LogP contribution in [0.2, 0.25) is 5.02 Å². The molecule has 23 heavy (non-hydrogen) atoms. The zero-order valence-electron chi connectivity index (χ0n) is 12.1. The van der Waals surface area contributed by atoms with E-state index in [4.69, 9.17) is 11.6 Å². The molecule has 1 fully saturated rings. The molecule has 0 N–H and O–H groups in total. The second-order valence-corrected chi connectivity index (χ2v) is 7.56. The van der Waals surface area contributed by atoms with E-state index in [9.17, 15) is 18.5 Å². The molecule has 3 atom stereocenters. The lowest BCUT2D eigenvalue weighted by molar-refractivity contribution is -0.503. The van der Waals surface area contributed by atoms with E-state index in [2.05, 4.69) is 0 Å². The highest BCUT2D eigenvalue weighted by Gasteiger charge is 2.66. The van der Waals surface area contributed by atoms with Gasteiger partial charge >= 0.3 is 6.17 Å². The maximum absolute atomic E-state index is 12.7. The Hall–Kier alpha value is -1.96. The average Bonchev–Trinajstić information content (AvgIpc) is 3.24. The zero-order valence-corrected chi connectivity index (χ0v) is 13.7. The molecule has 120 valence electrons. The van der Waals surface area contributed by atoms with Crippen molar-refractivity contribution in [2.45, 2.75) is 24.0 Å². The molecule has 2 aromatic carbocycles. The Labute approximate surface area is 138 Å². The molecule has 0 amide bonds. The Morgan fingerprint density at radius 1 is 1.13 bits per heavy atom. The molecule has 1 aliphatic heterocycles. The molecule has 3 rings (SSSR count). The minimum Gasteiger partial charge on any atom is -0.263 e. The Balaban J connectivity index is 2.03. The molecule has 1 unspecified atom stereocenters. The number of hydrogen-bond donors (Lipinski definition) is 0. The van der Waals surface area contributed by atoms with Crippen LogP contribution < -0.4 is 0 Å². The summed E-state index contributed by atoms with van der Waals surface area (Å²) in [5.74, 6) is 0. The van der Waals surface area contributed by atoms with Gasteiger partial charge in [0.15, 0.2) is 0 Å². The van der Waals surface area contributed by atoms with Crippen molar-refractivity contribution in [2.75, 3.05) is 0 Å². The highest BCUT2D eigenvalue weighted by molar-refractivity contribution is 7.89. The van der Waals surface area contributed by atoms with Gasteiger partial charge in [0.2, 0.25) is 10.0 Å². The fourth-order valence-corrected chi connectivity index (χ4v) is 4.46. The fraction of sp³-hybridized carbons (Fsp3) is 0.200. The second kappa shape index (κ2) is 5.59. The maximum Gasteiger partial charge on any atom is 0.302 e. The van der Waals surface area contributed by atoms with Gasteiger partial charge in [0.05, 0.1) is 4.90 Å². The van der Waals surface area contributed by atoms with Gasteiger partial charge in [-0.3, -0.25) is 10.1 Å². The molecule has 1 aliphatic rings. The number of nitro groups is 1. The minimum absolute atomic E-state index is 0.0319. The van der Waals surface area contributed by atoms with E-state index >= 15 is 0 Å². The number of sulfonamides is 1. The first kappa shape index (κ1) is 15.9. The Morgan fingerprint density at radius 2 is 1.74 bits per heavy atom. The molecule has 1 heterocycles. The van der Waals surface area contributed by atoms with E-state index in [-0.39, 0.29) is 4.90 Å². The summed E-state index contributed by atoms with van der Waals surface area (Å²) in [7, 11) is -3.96. The Bertz CT molecular complexity index is 867. The van der Waals surface area contributed by atoms with Crippen molar-refractivity contribution < 1.29 is 13.3 Å². The van der Waals surface area contributed by atoms with Crippen LogP contribution in [0.1, 0.15) is 17.2 Å². The first-order valence-corrected chi connectivity index (χ1v) is 8.64. The summed E-state index contributed by atoms with van der Waals surface area (Å²) >= 11 is 6.07. The number of nitrogens with zero attached hydrogens (tertiary/aromatic N) is 2. The van der Waals surface area contributed by atoms with Gasteiger partial charge in [-0.2, -0.15) is 0 Å². The van der Waals surface area contributed by atoms with Gasteiger partial charge in [-0.1, -0.05) is 47.5 Å². The van der Waals surface area contributed by atoms with E-state index in [1.807, 2.05) is 6.92 Å². The predicted molar refractivity (Wildman–Crippen MR) is 85.2 cm³/mol. The molecule has 0 radical (unpaired) electrons. The summed E-state index contributed by atoms with van der Waals surface area (Å²) in [6.07, 6.45) is -1.33. The average molecular weight is 353 g/mol. The Kier molecular flexibility index (Phi) is 3.87. The number of halogens is 1. The summed E-state index contributed by atoms with van der Waals surface area (Å²) in [6, 6.07) is 11.9.